The molecule has 5 N–H and O–H groups in total. The van der Waals surface area contributed by atoms with Crippen LogP contribution in [0.2, 0.25) is 0 Å². The van der Waals surface area contributed by atoms with Gasteiger partial charge in [0.15, 0.2) is 11.6 Å². The molecule has 9 nitrogen and oxygen atoms in total. The SMILES string of the molecule is COc1cc(-c2nc(-c3ccccc3)[nH]c2-c2ccnc(NC3CCCNC3)n2)cnc1N. The highest BCUT2D eigenvalue weighted by molar-refractivity contribution is 5.80. The molecule has 0 amide bonds. The highest BCUT2D eigenvalue weighted by atomic mass is 16.5. The zero-order valence-corrected chi connectivity index (χ0v) is 18.4. The van der Waals surface area contributed by atoms with Crippen molar-refractivity contribution >= 4 is 11.8 Å². The van der Waals surface area contributed by atoms with Crippen LogP contribution in [-0.2, 0) is 0 Å². The molecule has 1 unspecified atom stereocenters. The summed E-state index contributed by atoms with van der Waals surface area (Å²) in [6.07, 6.45) is 5.68. The first-order chi connectivity index (χ1) is 16.2. The number of hydrogen-bond acceptors (Lipinski definition) is 8. The molecule has 4 heterocycles. The molecule has 9 heteroatoms. The van der Waals surface area contributed by atoms with Gasteiger partial charge in [0.2, 0.25) is 5.95 Å². The molecule has 1 aliphatic rings. The third-order valence-corrected chi connectivity index (χ3v) is 5.67. The van der Waals surface area contributed by atoms with Crippen molar-refractivity contribution in [2.24, 2.45) is 0 Å². The Morgan fingerprint density at radius 3 is 2.76 bits per heavy atom. The van der Waals surface area contributed by atoms with Crippen LogP contribution in [-0.4, -0.2) is 51.2 Å². The standard InChI is InChI=1S/C24H26N8O/c1-33-19-12-16(13-28-22(19)25)20-21(32-23(31-20)15-6-3-2-4-7-15)18-9-11-27-24(30-18)29-17-8-5-10-26-14-17/h2-4,6-7,9,11-13,17,26H,5,8,10,14H2,1H3,(H2,25,28)(H,31,32)(H,27,29,30). The molecular weight excluding hydrogens is 416 g/mol. The number of hydrogen-bond donors (Lipinski definition) is 4. The van der Waals surface area contributed by atoms with E-state index >= 15 is 0 Å². The van der Waals surface area contributed by atoms with E-state index in [9.17, 15) is 0 Å². The van der Waals surface area contributed by atoms with Crippen molar-refractivity contribution in [1.29, 1.82) is 0 Å². The predicted octanol–water partition coefficient (Wildman–Crippen LogP) is 3.35. The molecular formula is C24H26N8O. The van der Waals surface area contributed by atoms with Crippen LogP contribution < -0.4 is 21.1 Å². The number of H-pyrrole nitrogens is 1. The van der Waals surface area contributed by atoms with Gasteiger partial charge in [0.25, 0.3) is 0 Å². The normalized spacial score (nSPS) is 15.8. The molecule has 0 aliphatic carbocycles. The summed E-state index contributed by atoms with van der Waals surface area (Å²) in [4.78, 5) is 21.9. The zero-order valence-electron chi connectivity index (χ0n) is 18.4. The number of anilines is 2. The second kappa shape index (κ2) is 9.25. The van der Waals surface area contributed by atoms with Crippen LogP contribution in [0, 0.1) is 0 Å². The number of nitrogens with two attached hydrogens (primary N) is 1. The van der Waals surface area contributed by atoms with Crippen molar-refractivity contribution < 1.29 is 4.74 Å². The summed E-state index contributed by atoms with van der Waals surface area (Å²) in [5, 5.41) is 6.85. The minimum atomic E-state index is 0.306. The Bertz CT molecular complexity index is 1230. The maximum Gasteiger partial charge on any atom is 0.223 e. The van der Waals surface area contributed by atoms with Gasteiger partial charge in [-0.2, -0.15) is 0 Å². The molecule has 0 saturated carbocycles. The van der Waals surface area contributed by atoms with E-state index in [0.717, 1.165) is 54.3 Å². The first kappa shape index (κ1) is 20.9. The van der Waals surface area contributed by atoms with E-state index in [4.69, 9.17) is 20.4 Å². The molecule has 1 atom stereocenters. The second-order valence-corrected chi connectivity index (χ2v) is 7.94. The largest absolute Gasteiger partial charge is 0.493 e. The predicted molar refractivity (Wildman–Crippen MR) is 129 cm³/mol. The summed E-state index contributed by atoms with van der Waals surface area (Å²) in [6.45, 7) is 1.95. The number of ether oxygens (including phenoxy) is 1. The molecule has 0 bridgehead atoms. The summed E-state index contributed by atoms with van der Waals surface area (Å²) in [5.41, 5.74) is 9.90. The van der Waals surface area contributed by atoms with Crippen molar-refractivity contribution in [3.63, 3.8) is 0 Å². The van der Waals surface area contributed by atoms with Crippen LogP contribution >= 0.6 is 0 Å². The number of nitrogens with one attached hydrogen (secondary N) is 3. The molecule has 1 fully saturated rings. The van der Waals surface area contributed by atoms with E-state index in [0.29, 0.717) is 29.3 Å². The number of methoxy groups -OCH3 is 1. The Kier molecular flexibility index (Phi) is 5.86. The van der Waals surface area contributed by atoms with Gasteiger partial charge in [-0.1, -0.05) is 30.3 Å². The molecule has 1 aromatic carbocycles. The number of aromatic amines is 1. The Balaban J connectivity index is 1.57. The Hall–Kier alpha value is -3.98. The lowest BCUT2D eigenvalue weighted by Crippen LogP contribution is -2.38. The summed E-state index contributed by atoms with van der Waals surface area (Å²) in [6, 6.07) is 14.0. The molecule has 4 aromatic rings. The van der Waals surface area contributed by atoms with E-state index in [1.54, 1.807) is 19.5 Å². The van der Waals surface area contributed by atoms with E-state index in [-0.39, 0.29) is 0 Å². The molecule has 168 valence electrons. The number of piperidine rings is 1. The lowest BCUT2D eigenvalue weighted by molar-refractivity contribution is 0.415. The van der Waals surface area contributed by atoms with Crippen molar-refractivity contribution in [2.75, 3.05) is 31.2 Å². The maximum absolute atomic E-state index is 5.93. The van der Waals surface area contributed by atoms with E-state index in [2.05, 4.69) is 25.6 Å². The lowest BCUT2D eigenvalue weighted by atomic mass is 10.1. The quantitative estimate of drug-likeness (QED) is 0.358. The minimum Gasteiger partial charge on any atom is -0.493 e. The molecule has 1 saturated heterocycles. The number of nitrogens with zero attached hydrogens (tertiary/aromatic N) is 4. The average Bonchev–Trinajstić information content (AvgIpc) is 3.31. The van der Waals surface area contributed by atoms with Gasteiger partial charge in [0, 0.05) is 36.1 Å². The van der Waals surface area contributed by atoms with Gasteiger partial charge in [-0.15, -0.1) is 0 Å². The molecule has 3 aromatic heterocycles. The van der Waals surface area contributed by atoms with E-state index in [1.807, 2.05) is 42.5 Å². The van der Waals surface area contributed by atoms with Crippen molar-refractivity contribution in [3.05, 3.63) is 54.9 Å². The van der Waals surface area contributed by atoms with Gasteiger partial charge in [0.1, 0.15) is 11.5 Å². The van der Waals surface area contributed by atoms with E-state index in [1.165, 1.54) is 0 Å². The highest BCUT2D eigenvalue weighted by Gasteiger charge is 2.19. The minimum absolute atomic E-state index is 0.306. The lowest BCUT2D eigenvalue weighted by Gasteiger charge is -2.23. The van der Waals surface area contributed by atoms with Gasteiger partial charge < -0.3 is 26.1 Å². The fourth-order valence-corrected chi connectivity index (χ4v) is 3.97. The first-order valence-electron chi connectivity index (χ1n) is 11.0. The number of benzene rings is 1. The van der Waals surface area contributed by atoms with Crippen LogP contribution in [0.1, 0.15) is 12.8 Å². The number of aromatic nitrogens is 5. The Labute approximate surface area is 191 Å². The van der Waals surface area contributed by atoms with E-state index < -0.39 is 0 Å². The zero-order chi connectivity index (χ0) is 22.6. The number of nitrogen functional groups attached to an aromatic ring is 1. The van der Waals surface area contributed by atoms with Crippen LogP contribution in [0.25, 0.3) is 34.0 Å². The number of pyridine rings is 1. The summed E-state index contributed by atoms with van der Waals surface area (Å²) >= 11 is 0. The van der Waals surface area contributed by atoms with Crippen molar-refractivity contribution in [1.82, 2.24) is 30.2 Å². The Morgan fingerprint density at radius 1 is 1.09 bits per heavy atom. The second-order valence-electron chi connectivity index (χ2n) is 7.94. The monoisotopic (exact) mass is 442 g/mol. The summed E-state index contributed by atoms with van der Waals surface area (Å²) in [5.74, 6) is 2.16. The number of imidazole rings is 1. The topological polar surface area (TPSA) is 127 Å². The number of rotatable bonds is 6. The van der Waals surface area contributed by atoms with Gasteiger partial charge in [0.05, 0.1) is 18.5 Å². The van der Waals surface area contributed by atoms with Crippen LogP contribution in [0.15, 0.2) is 54.9 Å². The average molecular weight is 443 g/mol. The molecule has 5 rings (SSSR count). The fraction of sp³-hybridized carbons (Fsp3) is 0.250. The maximum atomic E-state index is 5.93. The van der Waals surface area contributed by atoms with Crippen LogP contribution in [0.4, 0.5) is 11.8 Å². The third kappa shape index (κ3) is 4.49. The molecule has 0 radical (unpaired) electrons. The smallest absolute Gasteiger partial charge is 0.223 e. The van der Waals surface area contributed by atoms with Crippen molar-refractivity contribution in [3.8, 4) is 39.8 Å². The first-order valence-corrected chi connectivity index (χ1v) is 11.0. The van der Waals surface area contributed by atoms with Crippen LogP contribution in [0.5, 0.6) is 5.75 Å². The van der Waals surface area contributed by atoms with Gasteiger partial charge >= 0.3 is 0 Å². The Morgan fingerprint density at radius 2 is 1.97 bits per heavy atom. The van der Waals surface area contributed by atoms with Gasteiger partial charge in [-0.05, 0) is 31.5 Å². The molecule has 0 spiro atoms. The summed E-state index contributed by atoms with van der Waals surface area (Å²) in [7, 11) is 1.57. The highest BCUT2D eigenvalue weighted by Crippen LogP contribution is 2.34. The van der Waals surface area contributed by atoms with Gasteiger partial charge in [-0.25, -0.2) is 19.9 Å². The third-order valence-electron chi connectivity index (χ3n) is 5.67. The molecule has 1 aliphatic heterocycles. The van der Waals surface area contributed by atoms with Gasteiger partial charge in [-0.3, -0.25) is 0 Å². The molecule has 33 heavy (non-hydrogen) atoms. The summed E-state index contributed by atoms with van der Waals surface area (Å²) < 4.78 is 5.38. The fourth-order valence-electron chi connectivity index (χ4n) is 3.97. The van der Waals surface area contributed by atoms with Crippen LogP contribution in [0.3, 0.4) is 0 Å². The van der Waals surface area contributed by atoms with Crippen molar-refractivity contribution in [2.45, 2.75) is 18.9 Å².